The van der Waals surface area contributed by atoms with Crippen LogP contribution in [-0.4, -0.2) is 44.4 Å². The second-order valence-electron chi connectivity index (χ2n) is 6.73. The number of carbonyl (C=O) groups excluding carboxylic acids is 1. The average Bonchev–Trinajstić information content (AvgIpc) is 3.08. The number of hydrogen-bond donors (Lipinski definition) is 2. The van der Waals surface area contributed by atoms with E-state index in [2.05, 4.69) is 15.1 Å². The smallest absolute Gasteiger partial charge is 0.261 e. The Bertz CT molecular complexity index is 1140. The summed E-state index contributed by atoms with van der Waals surface area (Å²) < 4.78 is 39.8. The molecular formula is C21H24N4O5S. The van der Waals surface area contributed by atoms with E-state index >= 15 is 0 Å². The minimum absolute atomic E-state index is 0.117. The molecule has 0 saturated carbocycles. The third kappa shape index (κ3) is 5.83. The fraction of sp³-hybridized carbons (Fsp3) is 0.238. The molecule has 0 aliphatic heterocycles. The number of aromatic nitrogens is 2. The van der Waals surface area contributed by atoms with E-state index in [-0.39, 0.29) is 10.8 Å². The van der Waals surface area contributed by atoms with Crippen LogP contribution in [0.4, 0.5) is 11.5 Å². The molecule has 0 unspecified atom stereocenters. The molecule has 164 valence electrons. The molecule has 1 heterocycles. The van der Waals surface area contributed by atoms with Crippen LogP contribution in [0.3, 0.4) is 0 Å². The van der Waals surface area contributed by atoms with Gasteiger partial charge in [0.15, 0.2) is 0 Å². The number of ether oxygens (including phenoxy) is 2. The van der Waals surface area contributed by atoms with Crippen molar-refractivity contribution in [3.8, 4) is 11.4 Å². The van der Waals surface area contributed by atoms with Gasteiger partial charge in [0, 0.05) is 25.8 Å². The standard InChI is InChI=1S/C21H24N4O5S/c1-15-14-21(22-16(2)26)25(23-15)18-6-4-17(5-7-18)24-31(27,28)20-10-8-19(9-11-20)30-13-12-29-3/h4-11,14,24H,12-13H2,1-3H3,(H,22,26). The number of methoxy groups -OCH3 is 1. The van der Waals surface area contributed by atoms with Gasteiger partial charge < -0.3 is 14.8 Å². The predicted molar refractivity (Wildman–Crippen MR) is 117 cm³/mol. The first-order chi connectivity index (χ1) is 14.8. The topological polar surface area (TPSA) is 112 Å². The molecule has 0 saturated heterocycles. The summed E-state index contributed by atoms with van der Waals surface area (Å²) in [6, 6.07) is 14.6. The first-order valence-corrected chi connectivity index (χ1v) is 11.0. The van der Waals surface area contributed by atoms with E-state index in [9.17, 15) is 13.2 Å². The Labute approximate surface area is 181 Å². The Morgan fingerprint density at radius 3 is 2.35 bits per heavy atom. The fourth-order valence-electron chi connectivity index (χ4n) is 2.81. The highest BCUT2D eigenvalue weighted by atomic mass is 32.2. The highest BCUT2D eigenvalue weighted by Gasteiger charge is 2.15. The summed E-state index contributed by atoms with van der Waals surface area (Å²) in [5.41, 5.74) is 1.81. The van der Waals surface area contributed by atoms with Crippen molar-refractivity contribution in [2.75, 3.05) is 30.4 Å². The molecule has 3 aromatic rings. The normalized spacial score (nSPS) is 11.2. The minimum atomic E-state index is -3.76. The molecule has 0 aliphatic carbocycles. The SMILES string of the molecule is COCCOc1ccc(S(=O)(=O)Nc2ccc(-n3nc(C)cc3NC(C)=O)cc2)cc1. The Balaban J connectivity index is 1.73. The number of nitrogens with one attached hydrogen (secondary N) is 2. The lowest BCUT2D eigenvalue weighted by Crippen LogP contribution is -2.13. The van der Waals surface area contributed by atoms with Crippen LogP contribution in [0.25, 0.3) is 5.69 Å². The molecular weight excluding hydrogens is 420 g/mol. The molecule has 0 atom stereocenters. The van der Waals surface area contributed by atoms with E-state index < -0.39 is 10.0 Å². The number of carbonyl (C=O) groups is 1. The van der Waals surface area contributed by atoms with Gasteiger partial charge in [0.1, 0.15) is 18.2 Å². The van der Waals surface area contributed by atoms with E-state index in [0.717, 1.165) is 5.69 Å². The second-order valence-corrected chi connectivity index (χ2v) is 8.41. The van der Waals surface area contributed by atoms with Gasteiger partial charge in [0.05, 0.1) is 22.9 Å². The molecule has 3 rings (SSSR count). The van der Waals surface area contributed by atoms with Crippen LogP contribution in [0.15, 0.2) is 59.5 Å². The lowest BCUT2D eigenvalue weighted by Gasteiger charge is -2.11. The molecule has 0 spiro atoms. The number of benzene rings is 2. The predicted octanol–water partition coefficient (Wildman–Crippen LogP) is 2.97. The molecule has 0 fully saturated rings. The average molecular weight is 445 g/mol. The first-order valence-electron chi connectivity index (χ1n) is 9.48. The number of amides is 1. The van der Waals surface area contributed by atoms with Gasteiger partial charge in [-0.05, 0) is 55.5 Å². The first kappa shape index (κ1) is 22.3. The highest BCUT2D eigenvalue weighted by Crippen LogP contribution is 2.22. The molecule has 0 aliphatic rings. The number of sulfonamides is 1. The van der Waals surface area contributed by atoms with Crippen molar-refractivity contribution in [2.24, 2.45) is 0 Å². The maximum Gasteiger partial charge on any atom is 0.261 e. The lowest BCUT2D eigenvalue weighted by atomic mass is 10.3. The van der Waals surface area contributed by atoms with Crippen molar-refractivity contribution in [2.45, 2.75) is 18.7 Å². The van der Waals surface area contributed by atoms with Gasteiger partial charge in [0.2, 0.25) is 5.91 Å². The zero-order valence-electron chi connectivity index (χ0n) is 17.5. The van der Waals surface area contributed by atoms with E-state index in [4.69, 9.17) is 9.47 Å². The van der Waals surface area contributed by atoms with Crippen molar-refractivity contribution < 1.29 is 22.7 Å². The third-order valence-corrected chi connectivity index (χ3v) is 5.59. The van der Waals surface area contributed by atoms with Crippen molar-refractivity contribution in [1.82, 2.24) is 9.78 Å². The van der Waals surface area contributed by atoms with Crippen molar-refractivity contribution in [3.63, 3.8) is 0 Å². The van der Waals surface area contributed by atoms with E-state index in [0.29, 0.717) is 36.2 Å². The van der Waals surface area contributed by atoms with Gasteiger partial charge in [-0.3, -0.25) is 9.52 Å². The van der Waals surface area contributed by atoms with Crippen LogP contribution in [0.5, 0.6) is 5.75 Å². The third-order valence-electron chi connectivity index (χ3n) is 4.19. The number of hydrogen-bond acceptors (Lipinski definition) is 6. The van der Waals surface area contributed by atoms with Crippen molar-refractivity contribution in [1.29, 1.82) is 0 Å². The summed E-state index contributed by atoms with van der Waals surface area (Å²) in [6.07, 6.45) is 0. The zero-order chi connectivity index (χ0) is 22.4. The monoisotopic (exact) mass is 444 g/mol. The molecule has 0 bridgehead atoms. The Morgan fingerprint density at radius 1 is 1.06 bits per heavy atom. The summed E-state index contributed by atoms with van der Waals surface area (Å²) >= 11 is 0. The molecule has 2 N–H and O–H groups in total. The van der Waals surface area contributed by atoms with Crippen LogP contribution in [0, 0.1) is 6.92 Å². The fourth-order valence-corrected chi connectivity index (χ4v) is 3.87. The lowest BCUT2D eigenvalue weighted by molar-refractivity contribution is -0.114. The van der Waals surface area contributed by atoms with Crippen LogP contribution in [-0.2, 0) is 19.6 Å². The number of aryl methyl sites for hydroxylation is 1. The Morgan fingerprint density at radius 2 is 1.74 bits per heavy atom. The summed E-state index contributed by atoms with van der Waals surface area (Å²) in [6.45, 7) is 4.07. The summed E-state index contributed by atoms with van der Waals surface area (Å²) in [5.74, 6) is 0.886. The van der Waals surface area contributed by atoms with Crippen LogP contribution < -0.4 is 14.8 Å². The molecule has 31 heavy (non-hydrogen) atoms. The summed E-state index contributed by atoms with van der Waals surface area (Å²) in [7, 11) is -2.18. The van der Waals surface area contributed by atoms with E-state index in [1.807, 2.05) is 6.92 Å². The van der Waals surface area contributed by atoms with Gasteiger partial charge in [0.25, 0.3) is 10.0 Å². The molecule has 1 aromatic heterocycles. The largest absolute Gasteiger partial charge is 0.491 e. The second kappa shape index (κ2) is 9.63. The number of rotatable bonds is 9. The maximum absolute atomic E-state index is 12.7. The molecule has 1 amide bonds. The maximum atomic E-state index is 12.7. The number of nitrogens with zero attached hydrogens (tertiary/aromatic N) is 2. The van der Waals surface area contributed by atoms with Crippen LogP contribution in [0.2, 0.25) is 0 Å². The van der Waals surface area contributed by atoms with Gasteiger partial charge in [-0.2, -0.15) is 5.10 Å². The Hall–Kier alpha value is -3.37. The van der Waals surface area contributed by atoms with Gasteiger partial charge >= 0.3 is 0 Å². The van der Waals surface area contributed by atoms with Gasteiger partial charge in [-0.25, -0.2) is 13.1 Å². The zero-order valence-corrected chi connectivity index (χ0v) is 18.3. The quantitative estimate of drug-likeness (QED) is 0.491. The van der Waals surface area contributed by atoms with E-state index in [1.54, 1.807) is 54.3 Å². The molecule has 10 heteroatoms. The van der Waals surface area contributed by atoms with Crippen molar-refractivity contribution in [3.05, 3.63) is 60.3 Å². The van der Waals surface area contributed by atoms with Gasteiger partial charge in [-0.1, -0.05) is 0 Å². The van der Waals surface area contributed by atoms with Crippen LogP contribution in [0.1, 0.15) is 12.6 Å². The Kier molecular flexibility index (Phi) is 6.93. The van der Waals surface area contributed by atoms with Crippen molar-refractivity contribution >= 4 is 27.4 Å². The number of anilines is 2. The minimum Gasteiger partial charge on any atom is -0.491 e. The molecule has 9 nitrogen and oxygen atoms in total. The van der Waals surface area contributed by atoms with Crippen LogP contribution >= 0.6 is 0 Å². The van der Waals surface area contributed by atoms with Gasteiger partial charge in [-0.15, -0.1) is 0 Å². The molecule has 2 aromatic carbocycles. The molecule has 0 radical (unpaired) electrons. The summed E-state index contributed by atoms with van der Waals surface area (Å²) in [4.78, 5) is 11.5. The highest BCUT2D eigenvalue weighted by molar-refractivity contribution is 7.92. The van der Waals surface area contributed by atoms with E-state index in [1.165, 1.54) is 19.1 Å². The summed E-state index contributed by atoms with van der Waals surface area (Å²) in [5, 5.41) is 7.08.